The van der Waals surface area contributed by atoms with Gasteiger partial charge >= 0.3 is 6.09 Å². The number of rotatable bonds is 7. The van der Waals surface area contributed by atoms with Gasteiger partial charge in [-0.05, 0) is 52.8 Å². The van der Waals surface area contributed by atoms with Gasteiger partial charge in [0.05, 0.1) is 25.7 Å². The Kier molecular flexibility index (Phi) is 8.22. The maximum Gasteiger partial charge on any atom is 0.408 e. The zero-order chi connectivity index (χ0) is 24.4. The van der Waals surface area contributed by atoms with Crippen LogP contribution in [-0.2, 0) is 4.74 Å². The van der Waals surface area contributed by atoms with Crippen molar-refractivity contribution in [3.05, 3.63) is 93.7 Å². The number of alkyl carbamates (subject to hydrolysis) is 1. The van der Waals surface area contributed by atoms with Gasteiger partial charge in [-0.25, -0.2) is 13.6 Å². The first kappa shape index (κ1) is 26.4. The lowest BCUT2D eigenvalue weighted by Gasteiger charge is -2.52. The molecule has 3 fully saturated rings. The molecular formula is C27H27BrF2N2O3S. The minimum Gasteiger partial charge on any atom is -1.00 e. The molecule has 1 atom stereocenters. The molecule has 1 amide bonds. The number of amides is 1. The normalized spacial score (nSPS) is 22.6. The van der Waals surface area contributed by atoms with E-state index in [0.717, 1.165) is 31.5 Å². The third kappa shape index (κ3) is 5.85. The van der Waals surface area contributed by atoms with Crippen molar-refractivity contribution < 1.29 is 44.6 Å². The molecule has 0 radical (unpaired) electrons. The zero-order valence-electron chi connectivity index (χ0n) is 19.5. The van der Waals surface area contributed by atoms with Gasteiger partial charge in [0.2, 0.25) is 5.78 Å². The average molecular weight is 577 g/mol. The number of carbonyl (C=O) groups is 2. The SMILES string of the molecule is O=C(NC1C[N+]2(CC(=O)c3ccsc3)CCC1CC2)OC(c1cccc(F)c1)c1cccc(F)c1.[Br-]. The smallest absolute Gasteiger partial charge is 0.408 e. The number of benzene rings is 2. The van der Waals surface area contributed by atoms with Crippen molar-refractivity contribution in [3.8, 4) is 0 Å². The van der Waals surface area contributed by atoms with E-state index < -0.39 is 23.8 Å². The molecule has 6 rings (SSSR count). The monoisotopic (exact) mass is 576 g/mol. The second kappa shape index (κ2) is 11.2. The summed E-state index contributed by atoms with van der Waals surface area (Å²) in [5.74, 6) is -0.482. The molecule has 3 aromatic rings. The Balaban J connectivity index is 0.00000304. The molecule has 2 aromatic carbocycles. The molecule has 1 unspecified atom stereocenters. The van der Waals surface area contributed by atoms with Crippen molar-refractivity contribution in [2.24, 2.45) is 5.92 Å². The summed E-state index contributed by atoms with van der Waals surface area (Å²) in [6, 6.07) is 13.3. The predicted octanol–water partition coefficient (Wildman–Crippen LogP) is 2.34. The van der Waals surface area contributed by atoms with Gasteiger partial charge in [0.15, 0.2) is 6.10 Å². The molecule has 0 saturated carbocycles. The average Bonchev–Trinajstić information content (AvgIpc) is 3.38. The highest BCUT2D eigenvalue weighted by atomic mass is 79.9. The minimum atomic E-state index is -0.953. The molecule has 0 spiro atoms. The number of piperidine rings is 3. The number of ether oxygens (including phenoxy) is 1. The number of carbonyl (C=O) groups excluding carboxylic acids is 2. The highest BCUT2D eigenvalue weighted by Gasteiger charge is 2.47. The van der Waals surface area contributed by atoms with Crippen LogP contribution in [-0.4, -0.2) is 48.6 Å². The second-order valence-corrected chi connectivity index (χ2v) is 10.3. The topological polar surface area (TPSA) is 55.4 Å². The van der Waals surface area contributed by atoms with E-state index in [4.69, 9.17) is 4.74 Å². The highest BCUT2D eigenvalue weighted by Crippen LogP contribution is 2.35. The van der Waals surface area contributed by atoms with Crippen LogP contribution in [0.5, 0.6) is 0 Å². The van der Waals surface area contributed by atoms with Gasteiger partial charge in [0.1, 0.15) is 18.2 Å². The molecule has 3 saturated heterocycles. The molecule has 190 valence electrons. The number of Topliss-reactive ketones (excluding diaryl/α,β-unsaturated/α-hetero) is 1. The summed E-state index contributed by atoms with van der Waals surface area (Å²) in [5.41, 5.74) is 1.58. The van der Waals surface area contributed by atoms with Gasteiger partial charge in [0.25, 0.3) is 0 Å². The van der Waals surface area contributed by atoms with Crippen LogP contribution in [0.4, 0.5) is 13.6 Å². The Bertz CT molecular complexity index is 1170. The number of nitrogens with zero attached hydrogens (tertiary/aromatic N) is 1. The Labute approximate surface area is 223 Å². The number of quaternary nitrogens is 1. The number of hydrogen-bond acceptors (Lipinski definition) is 4. The molecule has 5 nitrogen and oxygen atoms in total. The van der Waals surface area contributed by atoms with Crippen LogP contribution in [0.15, 0.2) is 65.4 Å². The third-order valence-corrected chi connectivity index (χ3v) is 7.94. The van der Waals surface area contributed by atoms with E-state index in [1.54, 1.807) is 12.1 Å². The molecule has 4 heterocycles. The summed E-state index contributed by atoms with van der Waals surface area (Å²) in [6.07, 6.45) is 0.272. The van der Waals surface area contributed by atoms with Crippen molar-refractivity contribution >= 4 is 23.2 Å². The number of halogens is 3. The Morgan fingerprint density at radius 1 is 1.03 bits per heavy atom. The lowest BCUT2D eigenvalue weighted by molar-refractivity contribution is -0.936. The summed E-state index contributed by atoms with van der Waals surface area (Å²) in [5, 5.41) is 6.79. The van der Waals surface area contributed by atoms with Crippen molar-refractivity contribution in [1.82, 2.24) is 5.32 Å². The summed E-state index contributed by atoms with van der Waals surface area (Å²) in [7, 11) is 0. The first-order chi connectivity index (χ1) is 16.9. The van der Waals surface area contributed by atoms with Crippen molar-refractivity contribution in [2.45, 2.75) is 25.0 Å². The maximum absolute atomic E-state index is 13.9. The van der Waals surface area contributed by atoms with E-state index >= 15 is 0 Å². The molecule has 2 bridgehead atoms. The molecule has 36 heavy (non-hydrogen) atoms. The van der Waals surface area contributed by atoms with E-state index in [1.165, 1.54) is 47.7 Å². The van der Waals surface area contributed by atoms with Gasteiger partial charge in [-0.1, -0.05) is 24.3 Å². The molecule has 1 aromatic heterocycles. The zero-order valence-corrected chi connectivity index (χ0v) is 21.9. The second-order valence-electron chi connectivity index (χ2n) is 9.55. The Hall–Kier alpha value is -2.62. The first-order valence-electron chi connectivity index (χ1n) is 11.8. The van der Waals surface area contributed by atoms with Gasteiger partial charge in [0, 0.05) is 23.8 Å². The third-order valence-electron chi connectivity index (χ3n) is 7.25. The molecule has 1 N–H and O–H groups in total. The lowest BCUT2D eigenvalue weighted by Crippen LogP contribution is -3.00. The van der Waals surface area contributed by atoms with Crippen LogP contribution in [0.1, 0.15) is 40.4 Å². The van der Waals surface area contributed by atoms with Crippen molar-refractivity contribution in [3.63, 3.8) is 0 Å². The van der Waals surface area contributed by atoms with Gasteiger partial charge in [-0.15, -0.1) is 0 Å². The molecular weight excluding hydrogens is 550 g/mol. The number of ketones is 1. The number of hydrogen-bond donors (Lipinski definition) is 1. The fourth-order valence-electron chi connectivity index (χ4n) is 5.45. The summed E-state index contributed by atoms with van der Waals surface area (Å²) in [4.78, 5) is 25.9. The van der Waals surface area contributed by atoms with Gasteiger partial charge in [-0.3, -0.25) is 4.79 Å². The number of fused-ring (bicyclic) bond motifs is 3. The Morgan fingerprint density at radius 3 is 2.22 bits per heavy atom. The van der Waals surface area contributed by atoms with Gasteiger partial charge in [-0.2, -0.15) is 11.3 Å². The van der Waals surface area contributed by atoms with Crippen molar-refractivity contribution in [1.29, 1.82) is 0 Å². The van der Waals surface area contributed by atoms with E-state index in [1.807, 2.05) is 16.8 Å². The quantitative estimate of drug-likeness (QED) is 0.347. The first-order valence-corrected chi connectivity index (χ1v) is 12.7. The highest BCUT2D eigenvalue weighted by molar-refractivity contribution is 7.08. The van der Waals surface area contributed by atoms with Crippen LogP contribution in [0.25, 0.3) is 0 Å². The van der Waals surface area contributed by atoms with E-state index in [2.05, 4.69) is 5.32 Å². The fourth-order valence-corrected chi connectivity index (χ4v) is 6.11. The summed E-state index contributed by atoms with van der Waals surface area (Å²) >= 11 is 1.51. The van der Waals surface area contributed by atoms with Crippen LogP contribution in [0.2, 0.25) is 0 Å². The standard InChI is InChI=1S/C27H26F2N2O3S.BrH/c28-22-5-1-3-19(13-22)26(20-4-2-6-23(29)14-20)34-27(33)30-24-15-31(10-7-18(24)8-11-31)16-25(32)21-9-12-35-17-21;/h1-6,9,12-14,17-18,24,26H,7-8,10-11,15-16H2;1H. The number of nitrogens with one attached hydrogen (secondary N) is 1. The fraction of sp³-hybridized carbons (Fsp3) is 0.333. The van der Waals surface area contributed by atoms with Crippen LogP contribution in [0.3, 0.4) is 0 Å². The molecule has 3 aliphatic rings. The summed E-state index contributed by atoms with van der Waals surface area (Å²) in [6.45, 7) is 2.93. The summed E-state index contributed by atoms with van der Waals surface area (Å²) < 4.78 is 34.3. The number of thiophene rings is 1. The molecule has 9 heteroatoms. The molecule has 0 aliphatic carbocycles. The molecule has 3 aliphatic heterocycles. The maximum atomic E-state index is 13.9. The van der Waals surface area contributed by atoms with E-state index in [9.17, 15) is 18.4 Å². The lowest BCUT2D eigenvalue weighted by atomic mass is 9.81. The van der Waals surface area contributed by atoms with Crippen LogP contribution < -0.4 is 22.3 Å². The van der Waals surface area contributed by atoms with Crippen molar-refractivity contribution in [2.75, 3.05) is 26.2 Å². The minimum absolute atomic E-state index is 0. The van der Waals surface area contributed by atoms with Crippen LogP contribution >= 0.6 is 11.3 Å². The largest absolute Gasteiger partial charge is 1.00 e. The predicted molar refractivity (Wildman–Crippen MR) is 129 cm³/mol. The van der Waals surface area contributed by atoms with Crippen LogP contribution in [0, 0.1) is 17.6 Å². The Morgan fingerprint density at radius 2 is 1.67 bits per heavy atom. The van der Waals surface area contributed by atoms with E-state index in [0.29, 0.717) is 34.6 Å². The van der Waals surface area contributed by atoms with E-state index in [-0.39, 0.29) is 28.8 Å². The van der Waals surface area contributed by atoms with Gasteiger partial charge < -0.3 is 31.5 Å².